The van der Waals surface area contributed by atoms with E-state index in [0.717, 1.165) is 31.2 Å². The molecule has 1 heterocycles. The summed E-state index contributed by atoms with van der Waals surface area (Å²) in [7, 11) is -3.60. The minimum Gasteiger partial charge on any atom is -0.294 e. The molecule has 0 aromatic heterocycles. The van der Waals surface area contributed by atoms with Crippen molar-refractivity contribution in [2.45, 2.75) is 50.0 Å². The van der Waals surface area contributed by atoms with E-state index < -0.39 is 10.0 Å². The SMILES string of the molecule is Cc1ccc(S(=O)(=O)N2CCCCCC2CC(=O)c2ccccc2)cc1. The second-order valence-corrected chi connectivity index (χ2v) is 8.82. The van der Waals surface area contributed by atoms with E-state index in [2.05, 4.69) is 0 Å². The molecular weight excluding hydrogens is 346 g/mol. The number of carbonyl (C=O) groups excluding carboxylic acids is 1. The third-order valence-corrected chi connectivity index (χ3v) is 6.93. The Kier molecular flexibility index (Phi) is 5.89. The second-order valence-electron chi connectivity index (χ2n) is 6.93. The van der Waals surface area contributed by atoms with E-state index in [1.807, 2.05) is 37.3 Å². The van der Waals surface area contributed by atoms with Gasteiger partial charge in [-0.1, -0.05) is 60.9 Å². The topological polar surface area (TPSA) is 54.5 Å². The fourth-order valence-electron chi connectivity index (χ4n) is 3.47. The third-order valence-electron chi connectivity index (χ3n) is 4.97. The average molecular weight is 372 g/mol. The van der Waals surface area contributed by atoms with Crippen molar-refractivity contribution in [2.24, 2.45) is 0 Å². The Morgan fingerprint density at radius 1 is 1.00 bits per heavy atom. The second kappa shape index (κ2) is 8.14. The van der Waals surface area contributed by atoms with Gasteiger partial charge in [-0.05, 0) is 31.9 Å². The Morgan fingerprint density at radius 2 is 1.69 bits per heavy atom. The van der Waals surface area contributed by atoms with Crippen LogP contribution in [0, 0.1) is 6.92 Å². The molecule has 0 spiro atoms. The zero-order chi connectivity index (χ0) is 18.6. The van der Waals surface area contributed by atoms with Gasteiger partial charge in [0.25, 0.3) is 0 Å². The van der Waals surface area contributed by atoms with Crippen LogP contribution in [-0.2, 0) is 10.0 Å². The highest BCUT2D eigenvalue weighted by Gasteiger charge is 2.33. The normalized spacial score (nSPS) is 19.0. The first-order valence-electron chi connectivity index (χ1n) is 9.15. The number of rotatable bonds is 5. The predicted molar refractivity (Wildman–Crippen MR) is 103 cm³/mol. The number of hydrogen-bond acceptors (Lipinski definition) is 3. The molecule has 5 heteroatoms. The van der Waals surface area contributed by atoms with Crippen molar-refractivity contribution in [2.75, 3.05) is 6.54 Å². The predicted octanol–water partition coefficient (Wildman–Crippen LogP) is 4.20. The lowest BCUT2D eigenvalue weighted by molar-refractivity contribution is 0.0953. The Balaban J connectivity index is 1.87. The van der Waals surface area contributed by atoms with Crippen LogP contribution >= 0.6 is 0 Å². The summed E-state index contributed by atoms with van der Waals surface area (Å²) in [5.41, 5.74) is 1.67. The first-order chi connectivity index (χ1) is 12.5. The number of ketones is 1. The van der Waals surface area contributed by atoms with Gasteiger partial charge in [0.2, 0.25) is 10.0 Å². The molecule has 0 radical (unpaired) electrons. The average Bonchev–Trinajstić information content (AvgIpc) is 2.89. The summed E-state index contributed by atoms with van der Waals surface area (Å²) in [6, 6.07) is 15.8. The van der Waals surface area contributed by atoms with Gasteiger partial charge < -0.3 is 0 Å². The monoisotopic (exact) mass is 371 g/mol. The lowest BCUT2D eigenvalue weighted by Crippen LogP contribution is -2.41. The molecule has 0 aliphatic carbocycles. The van der Waals surface area contributed by atoms with Crippen molar-refractivity contribution >= 4 is 15.8 Å². The minimum atomic E-state index is -3.60. The van der Waals surface area contributed by atoms with Crippen LogP contribution in [0.15, 0.2) is 59.5 Å². The summed E-state index contributed by atoms with van der Waals surface area (Å²) in [6.07, 6.45) is 3.74. The molecule has 1 aliphatic heterocycles. The summed E-state index contributed by atoms with van der Waals surface area (Å²) < 4.78 is 27.9. The smallest absolute Gasteiger partial charge is 0.243 e. The molecule has 0 amide bonds. The first-order valence-corrected chi connectivity index (χ1v) is 10.6. The van der Waals surface area contributed by atoms with E-state index >= 15 is 0 Å². The molecule has 0 N–H and O–H groups in total. The number of hydrogen-bond donors (Lipinski definition) is 0. The van der Waals surface area contributed by atoms with E-state index in [-0.39, 0.29) is 18.2 Å². The number of nitrogens with zero attached hydrogens (tertiary/aromatic N) is 1. The Morgan fingerprint density at radius 3 is 2.38 bits per heavy atom. The van der Waals surface area contributed by atoms with Crippen LogP contribution in [0.1, 0.15) is 48.0 Å². The first kappa shape index (κ1) is 18.8. The molecule has 26 heavy (non-hydrogen) atoms. The number of Topliss-reactive ketones (excluding diaryl/α,β-unsaturated/α-hetero) is 1. The van der Waals surface area contributed by atoms with E-state index in [0.29, 0.717) is 17.0 Å². The van der Waals surface area contributed by atoms with Crippen molar-refractivity contribution in [1.29, 1.82) is 0 Å². The Bertz CT molecular complexity index is 845. The van der Waals surface area contributed by atoms with Gasteiger partial charge in [-0.15, -0.1) is 0 Å². The molecule has 3 rings (SSSR count). The summed E-state index contributed by atoms with van der Waals surface area (Å²) in [6.45, 7) is 2.41. The van der Waals surface area contributed by atoms with Crippen LogP contribution in [0.2, 0.25) is 0 Å². The maximum Gasteiger partial charge on any atom is 0.243 e. The van der Waals surface area contributed by atoms with Crippen molar-refractivity contribution in [1.82, 2.24) is 4.31 Å². The standard InChI is InChI=1S/C21H25NO3S/c1-17-11-13-20(14-12-17)26(24,25)22-15-7-3-6-10-19(22)16-21(23)18-8-4-2-5-9-18/h2,4-5,8-9,11-14,19H,3,6-7,10,15-16H2,1H3. The zero-order valence-corrected chi connectivity index (χ0v) is 15.9. The van der Waals surface area contributed by atoms with Gasteiger partial charge in [-0.2, -0.15) is 4.31 Å². The summed E-state index contributed by atoms with van der Waals surface area (Å²) >= 11 is 0. The van der Waals surface area contributed by atoms with Crippen molar-refractivity contribution < 1.29 is 13.2 Å². The highest BCUT2D eigenvalue weighted by Crippen LogP contribution is 2.27. The van der Waals surface area contributed by atoms with Gasteiger partial charge >= 0.3 is 0 Å². The number of benzene rings is 2. The molecule has 1 unspecified atom stereocenters. The minimum absolute atomic E-state index is 0.00149. The number of aryl methyl sites for hydroxylation is 1. The van der Waals surface area contributed by atoms with Crippen LogP contribution in [0.5, 0.6) is 0 Å². The van der Waals surface area contributed by atoms with E-state index in [1.54, 1.807) is 28.6 Å². The zero-order valence-electron chi connectivity index (χ0n) is 15.1. The highest BCUT2D eigenvalue weighted by atomic mass is 32.2. The molecule has 1 saturated heterocycles. The maximum absolute atomic E-state index is 13.2. The highest BCUT2D eigenvalue weighted by molar-refractivity contribution is 7.89. The van der Waals surface area contributed by atoms with Crippen LogP contribution in [0.25, 0.3) is 0 Å². The maximum atomic E-state index is 13.2. The molecule has 0 bridgehead atoms. The van der Waals surface area contributed by atoms with Gasteiger partial charge in [0.15, 0.2) is 5.78 Å². The van der Waals surface area contributed by atoms with Gasteiger partial charge in [-0.3, -0.25) is 4.79 Å². The number of carbonyl (C=O) groups is 1. The lowest BCUT2D eigenvalue weighted by Gasteiger charge is -2.29. The lowest BCUT2D eigenvalue weighted by atomic mass is 10.0. The van der Waals surface area contributed by atoms with Crippen LogP contribution in [0.3, 0.4) is 0 Å². The molecule has 2 aromatic carbocycles. The van der Waals surface area contributed by atoms with E-state index in [9.17, 15) is 13.2 Å². The van der Waals surface area contributed by atoms with Crippen molar-refractivity contribution in [3.63, 3.8) is 0 Å². The molecule has 1 aliphatic rings. The summed E-state index contributed by atoms with van der Waals surface area (Å²) in [5, 5.41) is 0. The Hall–Kier alpha value is -1.98. The van der Waals surface area contributed by atoms with Gasteiger partial charge in [0.05, 0.1) is 4.90 Å². The molecule has 2 aromatic rings. The van der Waals surface area contributed by atoms with Crippen molar-refractivity contribution in [3.8, 4) is 0 Å². The molecule has 1 fully saturated rings. The van der Waals surface area contributed by atoms with Gasteiger partial charge in [0, 0.05) is 24.6 Å². The van der Waals surface area contributed by atoms with Gasteiger partial charge in [-0.25, -0.2) is 8.42 Å². The fraction of sp³-hybridized carbons (Fsp3) is 0.381. The third kappa shape index (κ3) is 4.22. The summed E-state index contributed by atoms with van der Waals surface area (Å²) in [4.78, 5) is 13.0. The van der Waals surface area contributed by atoms with E-state index in [4.69, 9.17) is 0 Å². The van der Waals surface area contributed by atoms with Crippen LogP contribution < -0.4 is 0 Å². The summed E-state index contributed by atoms with van der Waals surface area (Å²) in [5.74, 6) is 0.00149. The van der Waals surface area contributed by atoms with Crippen molar-refractivity contribution in [3.05, 3.63) is 65.7 Å². The van der Waals surface area contributed by atoms with Gasteiger partial charge in [0.1, 0.15) is 0 Å². The molecule has 4 nitrogen and oxygen atoms in total. The molecular formula is C21H25NO3S. The number of sulfonamides is 1. The largest absolute Gasteiger partial charge is 0.294 e. The quantitative estimate of drug-likeness (QED) is 0.740. The molecule has 138 valence electrons. The molecule has 0 saturated carbocycles. The Labute approximate surface area is 155 Å². The fourth-order valence-corrected chi connectivity index (χ4v) is 5.17. The molecule has 1 atom stereocenters. The van der Waals surface area contributed by atoms with Crippen LogP contribution in [0.4, 0.5) is 0 Å². The van der Waals surface area contributed by atoms with E-state index in [1.165, 1.54) is 0 Å². The van der Waals surface area contributed by atoms with Crippen LogP contribution in [-0.4, -0.2) is 31.1 Å².